The summed E-state index contributed by atoms with van der Waals surface area (Å²) in [6.45, 7) is 9.46. The number of aryl methyl sites for hydroxylation is 2. The molecule has 0 radical (unpaired) electrons. The maximum absolute atomic E-state index is 5.34. The molecule has 0 aliphatic heterocycles. The van der Waals surface area contributed by atoms with Gasteiger partial charge in [0.1, 0.15) is 0 Å². The molecule has 2 heterocycles. The van der Waals surface area contributed by atoms with Crippen LogP contribution in [-0.4, -0.2) is 19.7 Å². The Kier molecular flexibility index (Phi) is 4.52. The van der Waals surface area contributed by atoms with E-state index in [0.29, 0.717) is 10.7 Å². The van der Waals surface area contributed by atoms with E-state index in [2.05, 4.69) is 40.5 Å². The molecule has 0 spiro atoms. The number of aromatic amines is 1. The molecule has 0 saturated carbocycles. The molecule has 0 aromatic carbocycles. The molecule has 0 atom stereocenters. The molecule has 0 amide bonds. The zero-order chi connectivity index (χ0) is 14.0. The first-order valence-electron chi connectivity index (χ1n) is 6.64. The average Bonchev–Trinajstić information content (AvgIpc) is 2.84. The van der Waals surface area contributed by atoms with E-state index in [1.54, 1.807) is 11.3 Å². The Morgan fingerprint density at radius 2 is 2.16 bits per heavy atom. The fourth-order valence-corrected chi connectivity index (χ4v) is 3.25. The summed E-state index contributed by atoms with van der Waals surface area (Å²) in [5, 5.41) is 8.41. The molecule has 0 fully saturated rings. The SMILES string of the molecule is CCCc1nc(C)sc1-c1n[nH]c(=S)n1CC(C)C. The minimum absolute atomic E-state index is 0.534. The van der Waals surface area contributed by atoms with Crippen LogP contribution in [0.5, 0.6) is 0 Å². The molecule has 104 valence electrons. The van der Waals surface area contributed by atoms with Gasteiger partial charge in [0.25, 0.3) is 0 Å². The Bertz CT molecular complexity index is 606. The van der Waals surface area contributed by atoms with E-state index in [0.717, 1.165) is 40.8 Å². The highest BCUT2D eigenvalue weighted by atomic mass is 32.1. The Morgan fingerprint density at radius 1 is 1.42 bits per heavy atom. The molecular formula is C13H20N4S2. The minimum Gasteiger partial charge on any atom is -0.299 e. The van der Waals surface area contributed by atoms with Gasteiger partial charge < -0.3 is 0 Å². The lowest BCUT2D eigenvalue weighted by Gasteiger charge is -2.08. The second-order valence-corrected chi connectivity index (χ2v) is 6.71. The third kappa shape index (κ3) is 3.12. The smallest absolute Gasteiger partial charge is 0.195 e. The number of nitrogens with one attached hydrogen (secondary N) is 1. The third-order valence-corrected chi connectivity index (χ3v) is 4.12. The van der Waals surface area contributed by atoms with Crippen molar-refractivity contribution in [3.05, 3.63) is 15.5 Å². The van der Waals surface area contributed by atoms with Gasteiger partial charge in [0.05, 0.1) is 15.6 Å². The molecule has 0 aliphatic carbocycles. The van der Waals surface area contributed by atoms with E-state index < -0.39 is 0 Å². The number of nitrogens with zero attached hydrogens (tertiary/aromatic N) is 3. The predicted molar refractivity (Wildman–Crippen MR) is 82.1 cm³/mol. The van der Waals surface area contributed by atoms with Crippen LogP contribution in [0.3, 0.4) is 0 Å². The quantitative estimate of drug-likeness (QED) is 0.849. The Balaban J connectivity index is 2.49. The maximum Gasteiger partial charge on any atom is 0.195 e. The first kappa shape index (κ1) is 14.4. The average molecular weight is 296 g/mol. The summed E-state index contributed by atoms with van der Waals surface area (Å²) in [6, 6.07) is 0. The number of aromatic nitrogens is 4. The van der Waals surface area contributed by atoms with Gasteiger partial charge in [-0.1, -0.05) is 27.2 Å². The standard InChI is InChI=1S/C13H20N4S2/c1-5-6-10-11(19-9(4)14-10)12-15-16-13(18)17(12)7-8(2)3/h8H,5-7H2,1-4H3,(H,16,18). The fraction of sp³-hybridized carbons (Fsp3) is 0.615. The molecule has 0 bridgehead atoms. The lowest BCUT2D eigenvalue weighted by Crippen LogP contribution is -2.06. The van der Waals surface area contributed by atoms with Gasteiger partial charge in [0.2, 0.25) is 0 Å². The van der Waals surface area contributed by atoms with Crippen LogP contribution in [0.15, 0.2) is 0 Å². The van der Waals surface area contributed by atoms with E-state index in [1.165, 1.54) is 0 Å². The molecule has 1 N–H and O–H groups in total. The summed E-state index contributed by atoms with van der Waals surface area (Å²) < 4.78 is 2.78. The molecule has 2 aromatic rings. The first-order valence-corrected chi connectivity index (χ1v) is 7.87. The van der Waals surface area contributed by atoms with Crippen LogP contribution in [0.25, 0.3) is 10.7 Å². The molecule has 2 aromatic heterocycles. The molecule has 4 nitrogen and oxygen atoms in total. The monoisotopic (exact) mass is 296 g/mol. The van der Waals surface area contributed by atoms with Crippen molar-refractivity contribution in [3.63, 3.8) is 0 Å². The number of thiazole rings is 1. The molecular weight excluding hydrogens is 276 g/mol. The minimum atomic E-state index is 0.534. The summed E-state index contributed by atoms with van der Waals surface area (Å²) >= 11 is 7.04. The van der Waals surface area contributed by atoms with Gasteiger partial charge in [-0.15, -0.1) is 11.3 Å². The Hall–Kier alpha value is -1.01. The van der Waals surface area contributed by atoms with Gasteiger partial charge in [-0.25, -0.2) is 4.98 Å². The topological polar surface area (TPSA) is 46.5 Å². The lowest BCUT2D eigenvalue weighted by atomic mass is 10.2. The van der Waals surface area contributed by atoms with Crippen LogP contribution < -0.4 is 0 Å². The highest BCUT2D eigenvalue weighted by molar-refractivity contribution is 7.71. The molecule has 0 unspecified atom stereocenters. The second-order valence-electron chi connectivity index (χ2n) is 5.12. The predicted octanol–water partition coefficient (Wildman–Crippen LogP) is 3.98. The van der Waals surface area contributed by atoms with Crippen molar-refractivity contribution in [1.82, 2.24) is 19.7 Å². The van der Waals surface area contributed by atoms with Crippen molar-refractivity contribution >= 4 is 23.6 Å². The van der Waals surface area contributed by atoms with Gasteiger partial charge in [0, 0.05) is 6.54 Å². The summed E-state index contributed by atoms with van der Waals surface area (Å²) in [5.41, 5.74) is 1.14. The van der Waals surface area contributed by atoms with Crippen LogP contribution in [0.4, 0.5) is 0 Å². The lowest BCUT2D eigenvalue weighted by molar-refractivity contribution is 0.521. The largest absolute Gasteiger partial charge is 0.299 e. The van der Waals surface area contributed by atoms with E-state index in [-0.39, 0.29) is 0 Å². The van der Waals surface area contributed by atoms with Crippen LogP contribution in [0.1, 0.15) is 37.9 Å². The molecule has 2 rings (SSSR count). The number of H-pyrrole nitrogens is 1. The summed E-state index contributed by atoms with van der Waals surface area (Å²) in [4.78, 5) is 5.78. The highest BCUT2D eigenvalue weighted by Gasteiger charge is 2.17. The van der Waals surface area contributed by atoms with Crippen LogP contribution >= 0.6 is 23.6 Å². The van der Waals surface area contributed by atoms with E-state index in [1.807, 2.05) is 6.92 Å². The van der Waals surface area contributed by atoms with Crippen LogP contribution in [0.2, 0.25) is 0 Å². The number of hydrogen-bond donors (Lipinski definition) is 1. The van der Waals surface area contributed by atoms with Crippen molar-refractivity contribution < 1.29 is 0 Å². The molecule has 0 saturated heterocycles. The van der Waals surface area contributed by atoms with Gasteiger partial charge in [-0.3, -0.25) is 9.67 Å². The first-order chi connectivity index (χ1) is 9.02. The second kappa shape index (κ2) is 5.96. The van der Waals surface area contributed by atoms with Gasteiger partial charge in [-0.05, 0) is 31.5 Å². The van der Waals surface area contributed by atoms with Gasteiger partial charge in [-0.2, -0.15) is 5.10 Å². The summed E-state index contributed by atoms with van der Waals surface area (Å²) in [6.07, 6.45) is 2.08. The third-order valence-electron chi connectivity index (χ3n) is 2.80. The zero-order valence-corrected chi connectivity index (χ0v) is 13.5. The van der Waals surface area contributed by atoms with Crippen LogP contribution in [0, 0.1) is 17.6 Å². The molecule has 19 heavy (non-hydrogen) atoms. The van der Waals surface area contributed by atoms with Crippen molar-refractivity contribution in [2.75, 3.05) is 0 Å². The van der Waals surface area contributed by atoms with E-state index >= 15 is 0 Å². The highest BCUT2D eigenvalue weighted by Crippen LogP contribution is 2.30. The van der Waals surface area contributed by atoms with Gasteiger partial charge >= 0.3 is 0 Å². The Morgan fingerprint density at radius 3 is 2.79 bits per heavy atom. The fourth-order valence-electron chi connectivity index (χ4n) is 2.08. The Labute approximate surface area is 122 Å². The molecule has 6 heteroatoms. The van der Waals surface area contributed by atoms with E-state index in [4.69, 9.17) is 12.2 Å². The number of rotatable bonds is 5. The summed E-state index contributed by atoms with van der Waals surface area (Å²) in [5.74, 6) is 1.47. The van der Waals surface area contributed by atoms with Crippen molar-refractivity contribution in [2.45, 2.75) is 47.1 Å². The van der Waals surface area contributed by atoms with Gasteiger partial charge in [0.15, 0.2) is 10.6 Å². The maximum atomic E-state index is 5.34. The normalized spacial score (nSPS) is 11.4. The van der Waals surface area contributed by atoms with Crippen molar-refractivity contribution in [2.24, 2.45) is 5.92 Å². The molecule has 0 aliphatic rings. The van der Waals surface area contributed by atoms with Crippen molar-refractivity contribution in [3.8, 4) is 10.7 Å². The zero-order valence-electron chi connectivity index (χ0n) is 11.9. The van der Waals surface area contributed by atoms with E-state index in [9.17, 15) is 0 Å². The van der Waals surface area contributed by atoms with Crippen LogP contribution in [-0.2, 0) is 13.0 Å². The number of hydrogen-bond acceptors (Lipinski definition) is 4. The van der Waals surface area contributed by atoms with Crippen molar-refractivity contribution in [1.29, 1.82) is 0 Å². The summed E-state index contributed by atoms with van der Waals surface area (Å²) in [7, 11) is 0.